The van der Waals surface area contributed by atoms with Crippen molar-refractivity contribution in [2.45, 2.75) is 26.7 Å². The smallest absolute Gasteiger partial charge is 0.248 e. The second-order valence-corrected chi connectivity index (χ2v) is 6.97. The number of nitrogens with zero attached hydrogens (tertiary/aromatic N) is 1. The molecule has 3 rings (SSSR count). The van der Waals surface area contributed by atoms with Crippen molar-refractivity contribution in [3.8, 4) is 0 Å². The van der Waals surface area contributed by atoms with Crippen LogP contribution >= 0.6 is 0 Å². The van der Waals surface area contributed by atoms with Crippen molar-refractivity contribution >= 4 is 29.3 Å². The Labute approximate surface area is 159 Å². The maximum absolute atomic E-state index is 12.5. The molecule has 140 valence electrons. The van der Waals surface area contributed by atoms with E-state index in [-0.39, 0.29) is 5.91 Å². The summed E-state index contributed by atoms with van der Waals surface area (Å²) in [7, 11) is 0. The van der Waals surface area contributed by atoms with Crippen LogP contribution in [-0.2, 0) is 4.79 Å². The molecule has 2 aromatic carbocycles. The molecule has 2 aromatic rings. The molecule has 27 heavy (non-hydrogen) atoms. The lowest BCUT2D eigenvalue weighted by atomic mass is 10.1. The molecule has 0 radical (unpaired) electrons. The van der Waals surface area contributed by atoms with Crippen LogP contribution in [0.3, 0.4) is 0 Å². The molecule has 5 nitrogen and oxygen atoms in total. The highest BCUT2D eigenvalue weighted by Crippen LogP contribution is 2.30. The van der Waals surface area contributed by atoms with E-state index >= 15 is 0 Å². The molecule has 0 spiro atoms. The summed E-state index contributed by atoms with van der Waals surface area (Å²) in [4.78, 5) is 26.2. The van der Waals surface area contributed by atoms with Crippen LogP contribution in [-0.4, -0.2) is 24.9 Å². The zero-order valence-corrected chi connectivity index (χ0v) is 15.8. The number of nitrogens with two attached hydrogens (primary N) is 1. The molecule has 1 fully saturated rings. The van der Waals surface area contributed by atoms with Gasteiger partial charge >= 0.3 is 0 Å². The van der Waals surface area contributed by atoms with E-state index in [0.29, 0.717) is 11.3 Å². The van der Waals surface area contributed by atoms with Crippen molar-refractivity contribution in [2.75, 3.05) is 23.3 Å². The summed E-state index contributed by atoms with van der Waals surface area (Å²) in [6.07, 6.45) is 5.56. The van der Waals surface area contributed by atoms with Gasteiger partial charge in [-0.1, -0.05) is 23.8 Å². The van der Waals surface area contributed by atoms with E-state index in [2.05, 4.69) is 16.3 Å². The van der Waals surface area contributed by atoms with Crippen LogP contribution in [0, 0.1) is 13.8 Å². The van der Waals surface area contributed by atoms with Crippen molar-refractivity contribution in [1.82, 2.24) is 0 Å². The molecule has 0 saturated carbocycles. The molecule has 2 amide bonds. The van der Waals surface area contributed by atoms with Gasteiger partial charge in [-0.05, 0) is 62.1 Å². The van der Waals surface area contributed by atoms with Crippen LogP contribution in [0.25, 0.3) is 6.08 Å². The molecule has 1 heterocycles. The maximum atomic E-state index is 12.5. The summed E-state index contributed by atoms with van der Waals surface area (Å²) in [6.45, 7) is 5.94. The van der Waals surface area contributed by atoms with Crippen LogP contribution < -0.4 is 16.0 Å². The molecule has 0 aromatic heterocycles. The predicted octanol–water partition coefficient (Wildman–Crippen LogP) is 3.65. The van der Waals surface area contributed by atoms with Crippen LogP contribution in [0.1, 0.15) is 39.9 Å². The average molecular weight is 363 g/mol. The van der Waals surface area contributed by atoms with Crippen molar-refractivity contribution in [1.29, 1.82) is 0 Å². The first-order chi connectivity index (χ1) is 12.9. The molecule has 3 N–H and O–H groups in total. The lowest BCUT2D eigenvalue weighted by Gasteiger charge is -2.21. The minimum atomic E-state index is -0.510. The number of carbonyl (C=O) groups is 2. The van der Waals surface area contributed by atoms with Crippen LogP contribution in [0.5, 0.6) is 0 Å². The highest BCUT2D eigenvalue weighted by Gasteiger charge is 2.18. The Bertz CT molecular complexity index is 896. The SMILES string of the molecule is Cc1ccc(/C=C/C(=O)Nc2cc(C(N)=O)ccc2N2CCCC2)c(C)c1. The highest BCUT2D eigenvalue weighted by atomic mass is 16.1. The third-order valence-electron chi connectivity index (χ3n) is 4.83. The number of primary amides is 1. The molecule has 1 aliphatic heterocycles. The summed E-state index contributed by atoms with van der Waals surface area (Å²) in [5.41, 5.74) is 10.6. The van der Waals surface area contributed by atoms with Crippen LogP contribution in [0.2, 0.25) is 0 Å². The number of hydrogen-bond acceptors (Lipinski definition) is 3. The van der Waals surface area contributed by atoms with E-state index in [1.807, 2.05) is 32.0 Å². The number of benzene rings is 2. The fourth-order valence-electron chi connectivity index (χ4n) is 3.38. The van der Waals surface area contributed by atoms with Gasteiger partial charge in [0.1, 0.15) is 0 Å². The van der Waals surface area contributed by atoms with Crippen molar-refractivity contribution in [3.63, 3.8) is 0 Å². The van der Waals surface area contributed by atoms with E-state index in [1.54, 1.807) is 18.2 Å². The quantitative estimate of drug-likeness (QED) is 0.796. The lowest BCUT2D eigenvalue weighted by molar-refractivity contribution is -0.111. The average Bonchev–Trinajstić information content (AvgIpc) is 3.15. The first-order valence-electron chi connectivity index (χ1n) is 9.19. The Morgan fingerprint density at radius 3 is 2.48 bits per heavy atom. The van der Waals surface area contributed by atoms with Gasteiger partial charge < -0.3 is 16.0 Å². The fraction of sp³-hybridized carbons (Fsp3) is 0.273. The van der Waals surface area contributed by atoms with Gasteiger partial charge in [-0.15, -0.1) is 0 Å². The minimum Gasteiger partial charge on any atom is -0.370 e. The molecule has 0 bridgehead atoms. The maximum Gasteiger partial charge on any atom is 0.248 e. The third-order valence-corrected chi connectivity index (χ3v) is 4.83. The molecule has 5 heteroatoms. The van der Waals surface area contributed by atoms with E-state index in [0.717, 1.165) is 42.7 Å². The Balaban J connectivity index is 1.82. The summed E-state index contributed by atoms with van der Waals surface area (Å²) < 4.78 is 0. The largest absolute Gasteiger partial charge is 0.370 e. The first kappa shape index (κ1) is 18.7. The fourth-order valence-corrected chi connectivity index (χ4v) is 3.38. The van der Waals surface area contributed by atoms with Crippen molar-refractivity contribution in [3.05, 3.63) is 64.7 Å². The Morgan fingerprint density at radius 1 is 1.07 bits per heavy atom. The normalized spacial score (nSPS) is 13.9. The Kier molecular flexibility index (Phi) is 5.60. The van der Waals surface area contributed by atoms with E-state index in [9.17, 15) is 9.59 Å². The number of nitrogens with one attached hydrogen (secondary N) is 1. The first-order valence-corrected chi connectivity index (χ1v) is 9.19. The van der Waals surface area contributed by atoms with Crippen LogP contribution in [0.15, 0.2) is 42.5 Å². The number of anilines is 2. The van der Waals surface area contributed by atoms with Gasteiger partial charge in [0.25, 0.3) is 0 Å². The Hall–Kier alpha value is -3.08. The van der Waals surface area contributed by atoms with Crippen molar-refractivity contribution < 1.29 is 9.59 Å². The summed E-state index contributed by atoms with van der Waals surface area (Å²) in [6, 6.07) is 11.3. The van der Waals surface area contributed by atoms with E-state index < -0.39 is 5.91 Å². The molecule has 1 saturated heterocycles. The predicted molar refractivity (Wildman–Crippen MR) is 110 cm³/mol. The van der Waals surface area contributed by atoms with Gasteiger partial charge in [-0.25, -0.2) is 0 Å². The lowest BCUT2D eigenvalue weighted by Crippen LogP contribution is -2.21. The number of amides is 2. The topological polar surface area (TPSA) is 75.4 Å². The molecule has 1 aliphatic rings. The van der Waals surface area contributed by atoms with Gasteiger partial charge in [-0.3, -0.25) is 9.59 Å². The van der Waals surface area contributed by atoms with Gasteiger partial charge in [0, 0.05) is 24.7 Å². The molecule has 0 aliphatic carbocycles. The zero-order valence-electron chi connectivity index (χ0n) is 15.8. The second kappa shape index (κ2) is 8.08. The molecular weight excluding hydrogens is 338 g/mol. The summed E-state index contributed by atoms with van der Waals surface area (Å²) in [5.74, 6) is -0.749. The number of hydrogen-bond donors (Lipinski definition) is 2. The van der Waals surface area contributed by atoms with E-state index in [1.165, 1.54) is 11.6 Å². The van der Waals surface area contributed by atoms with E-state index in [4.69, 9.17) is 5.73 Å². The third kappa shape index (κ3) is 4.56. The zero-order chi connectivity index (χ0) is 19.4. The summed E-state index contributed by atoms with van der Waals surface area (Å²) in [5, 5.41) is 2.91. The minimum absolute atomic E-state index is 0.239. The molecule has 0 atom stereocenters. The summed E-state index contributed by atoms with van der Waals surface area (Å²) >= 11 is 0. The van der Waals surface area contributed by atoms with Gasteiger partial charge in [0.15, 0.2) is 0 Å². The van der Waals surface area contributed by atoms with Crippen molar-refractivity contribution in [2.24, 2.45) is 5.73 Å². The van der Waals surface area contributed by atoms with Gasteiger partial charge in [0.05, 0.1) is 11.4 Å². The Morgan fingerprint density at radius 2 is 1.81 bits per heavy atom. The number of rotatable bonds is 5. The monoisotopic (exact) mass is 363 g/mol. The second-order valence-electron chi connectivity index (χ2n) is 6.97. The van der Waals surface area contributed by atoms with Crippen LogP contribution in [0.4, 0.5) is 11.4 Å². The number of carbonyl (C=O) groups excluding carboxylic acids is 2. The molecule has 0 unspecified atom stereocenters. The highest BCUT2D eigenvalue weighted by molar-refractivity contribution is 6.05. The molecular formula is C22H25N3O2. The van der Waals surface area contributed by atoms with Gasteiger partial charge in [0.2, 0.25) is 11.8 Å². The standard InChI is InChI=1S/C22H25N3O2/c1-15-5-6-17(16(2)13-15)8-10-21(26)24-19-14-18(22(23)27)7-9-20(19)25-11-3-4-12-25/h5-10,13-14H,3-4,11-12H2,1-2H3,(H2,23,27)(H,24,26)/b10-8+. The number of aryl methyl sites for hydroxylation is 2. The van der Waals surface area contributed by atoms with Gasteiger partial charge in [-0.2, -0.15) is 0 Å².